The van der Waals surface area contributed by atoms with E-state index in [0.29, 0.717) is 11.4 Å². The molecule has 0 saturated heterocycles. The predicted octanol–water partition coefficient (Wildman–Crippen LogP) is 4.27. The molecule has 4 nitrogen and oxygen atoms in total. The average Bonchev–Trinajstić information content (AvgIpc) is 2.93. The summed E-state index contributed by atoms with van der Waals surface area (Å²) < 4.78 is 18.9. The third kappa shape index (κ3) is 3.40. The molecule has 0 atom stereocenters. The van der Waals surface area contributed by atoms with Crippen molar-refractivity contribution in [3.8, 4) is 0 Å². The zero-order valence-corrected chi connectivity index (χ0v) is 15.5. The molecule has 1 aliphatic heterocycles. The van der Waals surface area contributed by atoms with Gasteiger partial charge in [-0.05, 0) is 43.2 Å². The van der Waals surface area contributed by atoms with Crippen molar-refractivity contribution in [3.63, 3.8) is 0 Å². The SMILES string of the molecule is CCc1ccc(N2C(=O)C(=Cc3ccccc3F)C(C(=O)OC)=C2C)cc1. The third-order valence-corrected chi connectivity index (χ3v) is 4.60. The molecule has 0 bridgehead atoms. The van der Waals surface area contributed by atoms with E-state index >= 15 is 0 Å². The summed E-state index contributed by atoms with van der Waals surface area (Å²) in [6.07, 6.45) is 2.28. The summed E-state index contributed by atoms with van der Waals surface area (Å²) in [5, 5.41) is 0. The lowest BCUT2D eigenvalue weighted by atomic mass is 10.0. The minimum absolute atomic E-state index is 0.115. The van der Waals surface area contributed by atoms with Crippen molar-refractivity contribution in [3.05, 3.63) is 82.3 Å². The average molecular weight is 365 g/mol. The Kier molecular flexibility index (Phi) is 5.21. The number of methoxy groups -OCH3 is 1. The molecule has 0 aromatic heterocycles. The fraction of sp³-hybridized carbons (Fsp3) is 0.182. The number of amides is 1. The van der Waals surface area contributed by atoms with Gasteiger partial charge in [0.15, 0.2) is 0 Å². The molecule has 1 aliphatic rings. The van der Waals surface area contributed by atoms with Crippen LogP contribution in [-0.4, -0.2) is 19.0 Å². The molecule has 1 heterocycles. The minimum Gasteiger partial charge on any atom is -0.465 e. The second-order valence-corrected chi connectivity index (χ2v) is 6.19. The topological polar surface area (TPSA) is 46.6 Å². The van der Waals surface area contributed by atoms with Crippen molar-refractivity contribution in [1.82, 2.24) is 0 Å². The van der Waals surface area contributed by atoms with Crippen LogP contribution in [0.5, 0.6) is 0 Å². The van der Waals surface area contributed by atoms with Crippen LogP contribution >= 0.6 is 0 Å². The van der Waals surface area contributed by atoms with Gasteiger partial charge in [-0.3, -0.25) is 9.69 Å². The number of benzene rings is 2. The van der Waals surface area contributed by atoms with E-state index in [1.807, 2.05) is 31.2 Å². The molecule has 0 unspecified atom stereocenters. The molecule has 27 heavy (non-hydrogen) atoms. The summed E-state index contributed by atoms with van der Waals surface area (Å²) >= 11 is 0. The van der Waals surface area contributed by atoms with Gasteiger partial charge in [-0.15, -0.1) is 0 Å². The highest BCUT2D eigenvalue weighted by atomic mass is 19.1. The summed E-state index contributed by atoms with van der Waals surface area (Å²) in [6, 6.07) is 13.6. The molecule has 0 fully saturated rings. The summed E-state index contributed by atoms with van der Waals surface area (Å²) in [4.78, 5) is 26.9. The molecule has 0 radical (unpaired) electrons. The van der Waals surface area contributed by atoms with Crippen LogP contribution in [0.4, 0.5) is 10.1 Å². The Bertz CT molecular complexity index is 958. The smallest absolute Gasteiger partial charge is 0.340 e. The number of aryl methyl sites for hydroxylation is 1. The lowest BCUT2D eigenvalue weighted by molar-refractivity contribution is -0.136. The maximum absolute atomic E-state index is 14.1. The monoisotopic (exact) mass is 365 g/mol. The van der Waals surface area contributed by atoms with E-state index in [1.165, 1.54) is 24.2 Å². The molecule has 0 aliphatic carbocycles. The number of esters is 1. The van der Waals surface area contributed by atoms with Gasteiger partial charge in [-0.1, -0.05) is 37.3 Å². The first kappa shape index (κ1) is 18.6. The Hall–Kier alpha value is -3.21. The minimum atomic E-state index is -0.629. The first-order valence-corrected chi connectivity index (χ1v) is 8.67. The number of carbonyl (C=O) groups excluding carboxylic acids is 2. The zero-order valence-electron chi connectivity index (χ0n) is 15.5. The van der Waals surface area contributed by atoms with E-state index in [1.54, 1.807) is 25.1 Å². The fourth-order valence-electron chi connectivity index (χ4n) is 3.12. The van der Waals surface area contributed by atoms with Crippen LogP contribution in [0.3, 0.4) is 0 Å². The van der Waals surface area contributed by atoms with Crippen LogP contribution < -0.4 is 4.90 Å². The van der Waals surface area contributed by atoms with Crippen molar-refractivity contribution in [2.24, 2.45) is 0 Å². The number of carbonyl (C=O) groups is 2. The number of anilines is 1. The maximum atomic E-state index is 14.1. The fourth-order valence-corrected chi connectivity index (χ4v) is 3.12. The first-order valence-electron chi connectivity index (χ1n) is 8.67. The highest BCUT2D eigenvalue weighted by Crippen LogP contribution is 2.35. The summed E-state index contributed by atoms with van der Waals surface area (Å²) in [7, 11) is 1.26. The highest BCUT2D eigenvalue weighted by Gasteiger charge is 2.38. The van der Waals surface area contributed by atoms with Gasteiger partial charge < -0.3 is 4.74 Å². The van der Waals surface area contributed by atoms with E-state index < -0.39 is 11.8 Å². The molecule has 3 rings (SSSR count). The van der Waals surface area contributed by atoms with Crippen molar-refractivity contribution in [1.29, 1.82) is 0 Å². The maximum Gasteiger partial charge on any atom is 0.340 e. The van der Waals surface area contributed by atoms with Crippen molar-refractivity contribution < 1.29 is 18.7 Å². The largest absolute Gasteiger partial charge is 0.465 e. The Morgan fingerprint density at radius 1 is 1.15 bits per heavy atom. The van der Waals surface area contributed by atoms with Crippen LogP contribution in [0.25, 0.3) is 6.08 Å². The van der Waals surface area contributed by atoms with Gasteiger partial charge in [0, 0.05) is 16.9 Å². The molecular formula is C22H20FNO3. The van der Waals surface area contributed by atoms with Gasteiger partial charge in [0.2, 0.25) is 0 Å². The number of hydrogen-bond acceptors (Lipinski definition) is 3. The van der Waals surface area contributed by atoms with Crippen LogP contribution in [-0.2, 0) is 20.7 Å². The van der Waals surface area contributed by atoms with Crippen LogP contribution in [0.15, 0.2) is 65.4 Å². The van der Waals surface area contributed by atoms with E-state index in [9.17, 15) is 14.0 Å². The number of nitrogens with zero attached hydrogens (tertiary/aromatic N) is 1. The molecule has 1 amide bonds. The van der Waals surface area contributed by atoms with E-state index in [4.69, 9.17) is 4.74 Å². The van der Waals surface area contributed by atoms with Gasteiger partial charge in [0.1, 0.15) is 5.82 Å². The molecule has 0 N–H and O–H groups in total. The Labute approximate surface area is 157 Å². The molecular weight excluding hydrogens is 345 g/mol. The van der Waals surface area contributed by atoms with E-state index in [2.05, 4.69) is 0 Å². The summed E-state index contributed by atoms with van der Waals surface area (Å²) in [5.74, 6) is -1.48. The van der Waals surface area contributed by atoms with Crippen molar-refractivity contribution in [2.75, 3.05) is 12.0 Å². The van der Waals surface area contributed by atoms with Crippen LogP contribution in [0.2, 0.25) is 0 Å². The van der Waals surface area contributed by atoms with Gasteiger partial charge in [0.05, 0.1) is 18.3 Å². The van der Waals surface area contributed by atoms with E-state index in [0.717, 1.165) is 12.0 Å². The normalized spacial score (nSPS) is 15.6. The molecule has 0 saturated carbocycles. The molecule has 5 heteroatoms. The standard InChI is InChI=1S/C22H20FNO3/c1-4-15-9-11-17(12-10-15)24-14(2)20(22(26)27-3)18(21(24)25)13-16-7-5-6-8-19(16)23/h5-13H,4H2,1-3H3. The second kappa shape index (κ2) is 7.58. The third-order valence-electron chi connectivity index (χ3n) is 4.60. The number of hydrogen-bond donors (Lipinski definition) is 0. The lowest BCUT2D eigenvalue weighted by Crippen LogP contribution is -2.24. The zero-order chi connectivity index (χ0) is 19.6. The number of halogens is 1. The molecule has 0 spiro atoms. The number of ether oxygens (including phenoxy) is 1. The molecule has 2 aromatic carbocycles. The molecule has 2 aromatic rings. The quantitative estimate of drug-likeness (QED) is 0.601. The lowest BCUT2D eigenvalue weighted by Gasteiger charge is -2.18. The Morgan fingerprint density at radius 2 is 1.81 bits per heavy atom. The first-order chi connectivity index (χ1) is 13.0. The Balaban J connectivity index is 2.13. The second-order valence-electron chi connectivity index (χ2n) is 6.19. The summed E-state index contributed by atoms with van der Waals surface area (Å²) in [5.41, 5.74) is 2.74. The highest BCUT2D eigenvalue weighted by molar-refractivity contribution is 6.23. The van der Waals surface area contributed by atoms with Crippen molar-refractivity contribution >= 4 is 23.6 Å². The van der Waals surface area contributed by atoms with Crippen LogP contribution in [0.1, 0.15) is 25.0 Å². The van der Waals surface area contributed by atoms with Crippen molar-refractivity contribution in [2.45, 2.75) is 20.3 Å². The predicted molar refractivity (Wildman–Crippen MR) is 102 cm³/mol. The van der Waals surface area contributed by atoms with Crippen LogP contribution in [0, 0.1) is 5.82 Å². The number of rotatable bonds is 4. The Morgan fingerprint density at radius 3 is 2.41 bits per heavy atom. The van der Waals surface area contributed by atoms with Gasteiger partial charge >= 0.3 is 5.97 Å². The van der Waals surface area contributed by atoms with E-state index in [-0.39, 0.29) is 22.6 Å². The molecule has 138 valence electrons. The van der Waals surface area contributed by atoms with Gasteiger partial charge in [0.25, 0.3) is 5.91 Å². The summed E-state index contributed by atoms with van der Waals surface area (Å²) in [6.45, 7) is 3.73. The number of allylic oxidation sites excluding steroid dienone is 1. The van der Waals surface area contributed by atoms with Gasteiger partial charge in [-0.2, -0.15) is 0 Å². The van der Waals surface area contributed by atoms with Gasteiger partial charge in [-0.25, -0.2) is 9.18 Å².